The van der Waals surface area contributed by atoms with Gasteiger partial charge in [0.15, 0.2) is 11.8 Å². The number of hydrogen-bond acceptors (Lipinski definition) is 7. The Kier molecular flexibility index (Phi) is 3.82. The summed E-state index contributed by atoms with van der Waals surface area (Å²) in [5.41, 5.74) is 4.94. The number of aryl methyl sites for hydroxylation is 1. The highest BCUT2D eigenvalue weighted by Crippen LogP contribution is 2.44. The van der Waals surface area contributed by atoms with Crippen molar-refractivity contribution in [1.82, 2.24) is 24.5 Å². The van der Waals surface area contributed by atoms with Gasteiger partial charge in [-0.2, -0.15) is 0 Å². The predicted molar refractivity (Wildman–Crippen MR) is 111 cm³/mol. The first-order valence-electron chi connectivity index (χ1n) is 10.2. The van der Waals surface area contributed by atoms with Gasteiger partial charge in [0.1, 0.15) is 17.6 Å². The summed E-state index contributed by atoms with van der Waals surface area (Å²) in [6.07, 6.45) is 3.68. The van der Waals surface area contributed by atoms with Gasteiger partial charge in [-0.3, -0.25) is 0 Å². The zero-order valence-electron chi connectivity index (χ0n) is 16.4. The van der Waals surface area contributed by atoms with E-state index >= 15 is 0 Å². The lowest BCUT2D eigenvalue weighted by atomic mass is 9.93. The average Bonchev–Trinajstić information content (AvgIpc) is 3.48. The van der Waals surface area contributed by atoms with E-state index in [1.807, 2.05) is 41.0 Å². The summed E-state index contributed by atoms with van der Waals surface area (Å²) in [5.74, 6) is -0.133. The van der Waals surface area contributed by atoms with Gasteiger partial charge in [-0.15, -0.1) is 0 Å². The van der Waals surface area contributed by atoms with E-state index in [0.717, 1.165) is 45.6 Å². The third-order valence-corrected chi connectivity index (χ3v) is 6.21. The van der Waals surface area contributed by atoms with Crippen molar-refractivity contribution < 1.29 is 9.94 Å². The Hall–Kier alpha value is -3.39. The average molecular weight is 400 g/mol. The van der Waals surface area contributed by atoms with E-state index < -0.39 is 12.2 Å². The molecule has 2 aliphatic rings. The molecule has 1 aliphatic carbocycles. The molecule has 4 atom stereocenters. The van der Waals surface area contributed by atoms with Crippen LogP contribution in [0.5, 0.6) is 0 Å². The number of nitrogens with zero attached hydrogens (tertiary/aromatic N) is 6. The lowest BCUT2D eigenvalue weighted by Crippen LogP contribution is -2.29. The van der Waals surface area contributed by atoms with E-state index in [1.165, 1.54) is 0 Å². The maximum absolute atomic E-state index is 10.7. The molecule has 150 valence electrons. The molecular formula is C22H20N6O2. The van der Waals surface area contributed by atoms with Gasteiger partial charge in [0.25, 0.3) is 0 Å². The molecule has 1 aromatic carbocycles. The summed E-state index contributed by atoms with van der Waals surface area (Å²) >= 11 is 0. The Labute approximate surface area is 172 Å². The van der Waals surface area contributed by atoms with Gasteiger partial charge in [-0.25, -0.2) is 19.9 Å². The quantitative estimate of drug-likeness (QED) is 0.568. The van der Waals surface area contributed by atoms with E-state index in [4.69, 9.17) is 9.82 Å². The first kappa shape index (κ1) is 17.5. The molecule has 1 aliphatic heterocycles. The standard InChI is InChI=1S/C22H20N6O2/c1-2-13-20-22(24-10-23-13)28(11-25-20)16-9-17(29)21-18(16)19(27-30-21)15-8-7-12-5-3-4-6-14(12)26-15/h3-8,10-11,16-18,21,29H,2,9H2,1H3/t16-,17+,18-,21-/m1/s1. The van der Waals surface area contributed by atoms with Crippen molar-refractivity contribution in [1.29, 1.82) is 0 Å². The fourth-order valence-corrected chi connectivity index (χ4v) is 4.75. The highest BCUT2D eigenvalue weighted by Gasteiger charge is 2.52. The number of aliphatic hydroxyl groups excluding tert-OH is 1. The van der Waals surface area contributed by atoms with Crippen LogP contribution in [0.3, 0.4) is 0 Å². The van der Waals surface area contributed by atoms with Crippen molar-refractivity contribution in [2.24, 2.45) is 11.1 Å². The summed E-state index contributed by atoms with van der Waals surface area (Å²) in [6.45, 7) is 2.05. The Morgan fingerprint density at radius 2 is 2.03 bits per heavy atom. The number of fused-ring (bicyclic) bond motifs is 3. The van der Waals surface area contributed by atoms with Gasteiger partial charge in [0.2, 0.25) is 0 Å². The van der Waals surface area contributed by atoms with E-state index in [-0.39, 0.29) is 12.0 Å². The first-order chi connectivity index (χ1) is 14.7. The van der Waals surface area contributed by atoms with Crippen molar-refractivity contribution >= 4 is 27.8 Å². The number of aromatic nitrogens is 5. The van der Waals surface area contributed by atoms with Crippen LogP contribution in [-0.2, 0) is 11.3 Å². The van der Waals surface area contributed by atoms with Gasteiger partial charge >= 0.3 is 0 Å². The number of rotatable bonds is 3. The third-order valence-electron chi connectivity index (χ3n) is 6.21. The van der Waals surface area contributed by atoms with Crippen molar-refractivity contribution in [2.75, 3.05) is 0 Å². The molecule has 1 N–H and O–H groups in total. The minimum absolute atomic E-state index is 0.0795. The highest BCUT2D eigenvalue weighted by atomic mass is 16.7. The van der Waals surface area contributed by atoms with Crippen molar-refractivity contribution in [3.8, 4) is 0 Å². The van der Waals surface area contributed by atoms with Crippen LogP contribution in [0.2, 0.25) is 0 Å². The molecule has 0 spiro atoms. The first-order valence-corrected chi connectivity index (χ1v) is 10.2. The molecule has 0 saturated heterocycles. The van der Waals surface area contributed by atoms with Crippen LogP contribution in [0.1, 0.15) is 30.8 Å². The van der Waals surface area contributed by atoms with E-state index in [2.05, 4.69) is 27.0 Å². The van der Waals surface area contributed by atoms with Crippen LogP contribution in [0.15, 0.2) is 54.2 Å². The van der Waals surface area contributed by atoms with Crippen LogP contribution >= 0.6 is 0 Å². The minimum Gasteiger partial charge on any atom is -0.389 e. The molecule has 4 heterocycles. The van der Waals surface area contributed by atoms with Crippen LogP contribution in [-0.4, -0.2) is 47.5 Å². The molecule has 0 radical (unpaired) electrons. The zero-order valence-corrected chi connectivity index (χ0v) is 16.4. The van der Waals surface area contributed by atoms with Gasteiger partial charge in [0, 0.05) is 5.39 Å². The molecule has 1 fully saturated rings. The van der Waals surface area contributed by atoms with E-state index in [9.17, 15) is 5.11 Å². The highest BCUT2D eigenvalue weighted by molar-refractivity contribution is 6.03. The van der Waals surface area contributed by atoms with Gasteiger partial charge in [0.05, 0.1) is 41.3 Å². The zero-order chi connectivity index (χ0) is 20.2. The van der Waals surface area contributed by atoms with Crippen LogP contribution in [0.4, 0.5) is 0 Å². The molecule has 0 amide bonds. The fraction of sp³-hybridized carbons (Fsp3) is 0.318. The number of imidazole rings is 1. The van der Waals surface area contributed by atoms with Gasteiger partial charge in [-0.05, 0) is 25.0 Å². The Morgan fingerprint density at radius 1 is 1.13 bits per heavy atom. The Balaban J connectivity index is 1.45. The SMILES string of the molecule is CCc1ncnc2c1ncn2[C@@H]1C[C@H](O)[C@H]2ON=C(c3ccc4ccccc4n3)[C@H]21. The molecule has 0 unspecified atom stereocenters. The summed E-state index contributed by atoms with van der Waals surface area (Å²) in [6, 6.07) is 11.9. The molecule has 8 heteroatoms. The van der Waals surface area contributed by atoms with Gasteiger partial charge in [-0.1, -0.05) is 36.3 Å². The summed E-state index contributed by atoms with van der Waals surface area (Å²) in [5, 5.41) is 16.1. The number of oxime groups is 1. The largest absolute Gasteiger partial charge is 0.389 e. The maximum Gasteiger partial charge on any atom is 0.163 e. The van der Waals surface area contributed by atoms with Crippen molar-refractivity contribution in [2.45, 2.75) is 38.0 Å². The Morgan fingerprint density at radius 3 is 2.93 bits per heavy atom. The monoisotopic (exact) mass is 400 g/mol. The Bertz CT molecular complexity index is 1300. The number of aliphatic hydroxyl groups is 1. The molecule has 3 aromatic heterocycles. The maximum atomic E-state index is 10.7. The molecule has 4 aromatic rings. The lowest BCUT2D eigenvalue weighted by molar-refractivity contribution is -0.0104. The van der Waals surface area contributed by atoms with Crippen LogP contribution < -0.4 is 0 Å². The van der Waals surface area contributed by atoms with Crippen molar-refractivity contribution in [3.63, 3.8) is 0 Å². The second-order valence-corrected chi connectivity index (χ2v) is 7.83. The van der Waals surface area contributed by atoms with Gasteiger partial charge < -0.3 is 14.5 Å². The lowest BCUT2D eigenvalue weighted by Gasteiger charge is -2.20. The molecule has 6 rings (SSSR count). The van der Waals surface area contributed by atoms with Crippen molar-refractivity contribution in [3.05, 3.63) is 60.4 Å². The van der Waals surface area contributed by atoms with Crippen LogP contribution in [0.25, 0.3) is 22.1 Å². The third kappa shape index (κ3) is 2.46. The number of para-hydroxylation sites is 1. The molecule has 1 saturated carbocycles. The smallest absolute Gasteiger partial charge is 0.163 e. The predicted octanol–water partition coefficient (Wildman–Crippen LogP) is 2.66. The minimum atomic E-state index is -0.619. The molecule has 8 nitrogen and oxygen atoms in total. The van der Waals surface area contributed by atoms with E-state index in [0.29, 0.717) is 6.42 Å². The second kappa shape index (κ2) is 6.56. The summed E-state index contributed by atoms with van der Waals surface area (Å²) in [4.78, 5) is 23.9. The van der Waals surface area contributed by atoms with E-state index in [1.54, 1.807) is 12.7 Å². The molecular weight excluding hydrogens is 380 g/mol. The number of pyridine rings is 1. The summed E-state index contributed by atoms with van der Waals surface area (Å²) < 4.78 is 2.04. The molecule has 30 heavy (non-hydrogen) atoms. The number of hydrogen-bond donors (Lipinski definition) is 1. The topological polar surface area (TPSA) is 98.3 Å². The second-order valence-electron chi connectivity index (χ2n) is 7.83. The normalized spacial score (nSPS) is 25.5. The molecule has 0 bridgehead atoms. The fourth-order valence-electron chi connectivity index (χ4n) is 4.75. The summed E-state index contributed by atoms with van der Waals surface area (Å²) in [7, 11) is 0. The van der Waals surface area contributed by atoms with Crippen LogP contribution in [0, 0.1) is 5.92 Å². The number of benzene rings is 1.